The molecule has 0 aliphatic carbocycles. The molecule has 0 bridgehead atoms. The fraction of sp³-hybridized carbons (Fsp3) is 0.300. The third-order valence-corrected chi connectivity index (χ3v) is 1.82. The maximum atomic E-state index is 11.7. The zero-order valence-electron chi connectivity index (χ0n) is 7.70. The van der Waals surface area contributed by atoms with Crippen LogP contribution in [-0.2, 0) is 9.53 Å². The topological polar surface area (TPSA) is 26.3 Å². The highest BCUT2D eigenvalue weighted by Crippen LogP contribution is 2.21. The summed E-state index contributed by atoms with van der Waals surface area (Å²) >= 11 is 0. The lowest BCUT2D eigenvalue weighted by Crippen LogP contribution is -2.19. The van der Waals surface area contributed by atoms with E-state index in [1.54, 1.807) is 30.3 Å². The SMILES string of the molecule is O=CC(COC(F)(F)F)c1ccccc1. The first-order valence-electron chi connectivity index (χ1n) is 4.24. The Morgan fingerprint density at radius 2 is 1.87 bits per heavy atom. The summed E-state index contributed by atoms with van der Waals surface area (Å²) in [7, 11) is 0. The van der Waals surface area contributed by atoms with Crippen LogP contribution in [-0.4, -0.2) is 19.3 Å². The van der Waals surface area contributed by atoms with Crippen LogP contribution < -0.4 is 0 Å². The van der Waals surface area contributed by atoms with Gasteiger partial charge in [-0.1, -0.05) is 30.3 Å². The van der Waals surface area contributed by atoms with Crippen molar-refractivity contribution >= 4 is 6.29 Å². The summed E-state index contributed by atoms with van der Waals surface area (Å²) in [6, 6.07) is 8.19. The Morgan fingerprint density at radius 1 is 1.27 bits per heavy atom. The summed E-state index contributed by atoms with van der Waals surface area (Å²) < 4.78 is 38.8. The molecule has 0 N–H and O–H groups in total. The maximum absolute atomic E-state index is 11.7. The molecule has 1 aromatic carbocycles. The third kappa shape index (κ3) is 4.12. The molecule has 0 spiro atoms. The molecule has 1 unspecified atom stereocenters. The highest BCUT2D eigenvalue weighted by atomic mass is 19.4. The maximum Gasteiger partial charge on any atom is 0.522 e. The minimum atomic E-state index is -4.70. The molecule has 2 nitrogen and oxygen atoms in total. The van der Waals surface area contributed by atoms with E-state index in [0.717, 1.165) is 0 Å². The van der Waals surface area contributed by atoms with E-state index in [9.17, 15) is 18.0 Å². The van der Waals surface area contributed by atoms with Gasteiger partial charge < -0.3 is 4.79 Å². The lowest BCUT2D eigenvalue weighted by atomic mass is 10.0. The number of benzene rings is 1. The van der Waals surface area contributed by atoms with Crippen LogP contribution in [0, 0.1) is 0 Å². The highest BCUT2D eigenvalue weighted by molar-refractivity contribution is 5.62. The van der Waals surface area contributed by atoms with Crippen molar-refractivity contribution in [2.75, 3.05) is 6.61 Å². The van der Waals surface area contributed by atoms with Crippen molar-refractivity contribution in [1.29, 1.82) is 0 Å². The van der Waals surface area contributed by atoms with Gasteiger partial charge in [-0.05, 0) is 5.56 Å². The summed E-state index contributed by atoms with van der Waals surface area (Å²) in [6.45, 7) is -0.684. The van der Waals surface area contributed by atoms with E-state index in [-0.39, 0.29) is 0 Å². The first-order chi connectivity index (χ1) is 7.03. The standard InChI is InChI=1S/C10H9F3O2/c11-10(12,13)15-7-9(6-14)8-4-2-1-3-5-8/h1-6,9H,7H2. The van der Waals surface area contributed by atoms with Gasteiger partial charge in [-0.15, -0.1) is 13.2 Å². The number of carbonyl (C=O) groups is 1. The Balaban J connectivity index is 2.62. The molecule has 82 valence electrons. The fourth-order valence-corrected chi connectivity index (χ4v) is 1.10. The number of ether oxygens (including phenoxy) is 1. The van der Waals surface area contributed by atoms with Gasteiger partial charge in [0.15, 0.2) is 0 Å². The zero-order valence-corrected chi connectivity index (χ0v) is 7.70. The minimum absolute atomic E-state index is 0.446. The van der Waals surface area contributed by atoms with E-state index in [0.29, 0.717) is 11.8 Å². The summed E-state index contributed by atoms with van der Waals surface area (Å²) in [6.07, 6.45) is -4.25. The highest BCUT2D eigenvalue weighted by Gasteiger charge is 2.30. The lowest BCUT2D eigenvalue weighted by molar-refractivity contribution is -0.325. The van der Waals surface area contributed by atoms with E-state index < -0.39 is 18.9 Å². The number of hydrogen-bond acceptors (Lipinski definition) is 2. The molecule has 0 fully saturated rings. The van der Waals surface area contributed by atoms with Crippen molar-refractivity contribution in [2.24, 2.45) is 0 Å². The number of hydrogen-bond donors (Lipinski definition) is 0. The van der Waals surface area contributed by atoms with Crippen LogP contribution in [0.2, 0.25) is 0 Å². The summed E-state index contributed by atoms with van der Waals surface area (Å²) in [5.74, 6) is -0.882. The zero-order chi connectivity index (χ0) is 11.3. The Labute approximate surface area is 84.7 Å². The molecule has 0 aromatic heterocycles. The predicted octanol–water partition coefficient (Wildman–Crippen LogP) is 2.51. The molecule has 0 heterocycles. The van der Waals surface area contributed by atoms with Gasteiger partial charge in [-0.2, -0.15) is 0 Å². The van der Waals surface area contributed by atoms with Gasteiger partial charge in [0.2, 0.25) is 0 Å². The molecule has 0 saturated heterocycles. The van der Waals surface area contributed by atoms with Gasteiger partial charge in [0.25, 0.3) is 0 Å². The lowest BCUT2D eigenvalue weighted by Gasteiger charge is -2.12. The quantitative estimate of drug-likeness (QED) is 0.726. The number of aldehydes is 1. The van der Waals surface area contributed by atoms with Gasteiger partial charge >= 0.3 is 6.36 Å². The molecular formula is C10H9F3O2. The van der Waals surface area contributed by atoms with Crippen LogP contribution in [0.3, 0.4) is 0 Å². The van der Waals surface area contributed by atoms with Gasteiger partial charge in [-0.25, -0.2) is 0 Å². The van der Waals surface area contributed by atoms with Crippen LogP contribution in [0.5, 0.6) is 0 Å². The number of carbonyl (C=O) groups excluding carboxylic acids is 1. The summed E-state index contributed by atoms with van der Waals surface area (Å²) in [4.78, 5) is 10.6. The summed E-state index contributed by atoms with van der Waals surface area (Å²) in [5, 5.41) is 0. The molecule has 1 rings (SSSR count). The molecule has 0 saturated carbocycles. The van der Waals surface area contributed by atoms with E-state index >= 15 is 0 Å². The van der Waals surface area contributed by atoms with Crippen LogP contribution in [0.1, 0.15) is 11.5 Å². The second kappa shape index (κ2) is 4.93. The average molecular weight is 218 g/mol. The van der Waals surface area contributed by atoms with Gasteiger partial charge in [-0.3, -0.25) is 4.74 Å². The van der Waals surface area contributed by atoms with Crippen molar-refractivity contribution in [3.05, 3.63) is 35.9 Å². The normalized spacial score (nSPS) is 13.5. The Kier molecular flexibility index (Phi) is 3.85. The first kappa shape index (κ1) is 11.7. The molecule has 15 heavy (non-hydrogen) atoms. The van der Waals surface area contributed by atoms with Crippen molar-refractivity contribution < 1.29 is 22.7 Å². The van der Waals surface area contributed by atoms with Crippen molar-refractivity contribution in [3.63, 3.8) is 0 Å². The van der Waals surface area contributed by atoms with Crippen LogP contribution in [0.4, 0.5) is 13.2 Å². The van der Waals surface area contributed by atoms with E-state index in [2.05, 4.69) is 4.74 Å². The smallest absolute Gasteiger partial charge is 0.303 e. The molecule has 1 atom stereocenters. The molecule has 0 radical (unpaired) electrons. The molecule has 1 aromatic rings. The molecule has 0 aliphatic rings. The van der Waals surface area contributed by atoms with Gasteiger partial charge in [0, 0.05) is 0 Å². The third-order valence-electron chi connectivity index (χ3n) is 1.82. The van der Waals surface area contributed by atoms with E-state index in [1.165, 1.54) is 0 Å². The average Bonchev–Trinajstić information content (AvgIpc) is 2.19. The Bertz CT molecular complexity index is 308. The molecule has 0 aliphatic heterocycles. The van der Waals surface area contributed by atoms with Gasteiger partial charge in [0.1, 0.15) is 6.29 Å². The Hall–Kier alpha value is -1.36. The van der Waals surface area contributed by atoms with Crippen LogP contribution >= 0.6 is 0 Å². The van der Waals surface area contributed by atoms with Crippen molar-refractivity contribution in [2.45, 2.75) is 12.3 Å². The van der Waals surface area contributed by atoms with Crippen LogP contribution in [0.25, 0.3) is 0 Å². The molecular weight excluding hydrogens is 209 g/mol. The van der Waals surface area contributed by atoms with Gasteiger partial charge in [0.05, 0.1) is 12.5 Å². The predicted molar refractivity (Wildman–Crippen MR) is 47.3 cm³/mol. The second-order valence-electron chi connectivity index (χ2n) is 2.91. The largest absolute Gasteiger partial charge is 0.522 e. The molecule has 5 heteroatoms. The van der Waals surface area contributed by atoms with E-state index in [1.807, 2.05) is 0 Å². The van der Waals surface area contributed by atoms with Crippen LogP contribution in [0.15, 0.2) is 30.3 Å². The number of alkyl halides is 3. The first-order valence-corrected chi connectivity index (χ1v) is 4.24. The minimum Gasteiger partial charge on any atom is -0.303 e. The molecule has 0 amide bonds. The number of rotatable bonds is 4. The monoisotopic (exact) mass is 218 g/mol. The second-order valence-corrected chi connectivity index (χ2v) is 2.91. The number of halogens is 3. The van der Waals surface area contributed by atoms with Crippen molar-refractivity contribution in [1.82, 2.24) is 0 Å². The Morgan fingerprint density at radius 3 is 2.33 bits per heavy atom. The van der Waals surface area contributed by atoms with E-state index in [4.69, 9.17) is 0 Å². The summed E-state index contributed by atoms with van der Waals surface area (Å²) in [5.41, 5.74) is 0.511. The fourth-order valence-electron chi connectivity index (χ4n) is 1.10. The van der Waals surface area contributed by atoms with Crippen molar-refractivity contribution in [3.8, 4) is 0 Å².